The van der Waals surface area contributed by atoms with E-state index in [9.17, 15) is 18.4 Å². The number of carbonyl (C=O) groups excluding carboxylic acids is 1. The zero-order valence-electron chi connectivity index (χ0n) is 19.3. The number of hydroxylamine groups is 1. The molecular formula is C23H32ClN3O6S. The summed E-state index contributed by atoms with van der Waals surface area (Å²) in [5.41, 5.74) is 2.93. The Morgan fingerprint density at radius 1 is 1.18 bits per heavy atom. The predicted octanol–water partition coefficient (Wildman–Crippen LogP) is 3.55. The standard InChI is InChI=1S/C23H31N3O6S.ClH/c1-3-32-20-8-10-21(11-9-20)33(29,30)23-15-18(12-13-24-23)16-26(28)25-22(27)14-17-4-6-19(31-2)7-5-17;/h8-13,15,17,19,28H,3-7,14,16H2,1-2H3,(H,25,27);1H. The average Bonchev–Trinajstić information content (AvgIpc) is 2.80. The number of pyridine rings is 1. The number of hydrogen-bond acceptors (Lipinski definition) is 8. The molecule has 9 nitrogen and oxygen atoms in total. The Bertz CT molecular complexity index is 1030. The van der Waals surface area contributed by atoms with Crippen molar-refractivity contribution >= 4 is 28.2 Å². The molecule has 1 aromatic carbocycles. The number of nitrogens with one attached hydrogen (secondary N) is 1. The maximum Gasteiger partial charge on any atom is 0.236 e. The number of rotatable bonds is 10. The summed E-state index contributed by atoms with van der Waals surface area (Å²) >= 11 is 0. The van der Waals surface area contributed by atoms with Gasteiger partial charge in [-0.2, -0.15) is 0 Å². The fraction of sp³-hybridized carbons (Fsp3) is 0.478. The van der Waals surface area contributed by atoms with Crippen molar-refractivity contribution in [3.05, 3.63) is 48.2 Å². The number of benzene rings is 1. The van der Waals surface area contributed by atoms with Gasteiger partial charge < -0.3 is 9.47 Å². The van der Waals surface area contributed by atoms with Gasteiger partial charge in [-0.05, 0) is 80.5 Å². The summed E-state index contributed by atoms with van der Waals surface area (Å²) in [5, 5.41) is 10.7. The van der Waals surface area contributed by atoms with Gasteiger partial charge in [0, 0.05) is 19.7 Å². The van der Waals surface area contributed by atoms with Gasteiger partial charge in [-0.25, -0.2) is 13.4 Å². The highest BCUT2D eigenvalue weighted by molar-refractivity contribution is 7.91. The lowest BCUT2D eigenvalue weighted by Gasteiger charge is -2.27. The zero-order valence-corrected chi connectivity index (χ0v) is 21.0. The van der Waals surface area contributed by atoms with Crippen molar-refractivity contribution in [2.45, 2.75) is 61.6 Å². The molecule has 0 unspecified atom stereocenters. The molecular weight excluding hydrogens is 482 g/mol. The highest BCUT2D eigenvalue weighted by Crippen LogP contribution is 2.28. The molecule has 1 saturated carbocycles. The summed E-state index contributed by atoms with van der Waals surface area (Å²) < 4.78 is 36.6. The molecule has 1 heterocycles. The van der Waals surface area contributed by atoms with Crippen LogP contribution in [0.5, 0.6) is 5.75 Å². The highest BCUT2D eigenvalue weighted by atomic mass is 35.5. The lowest BCUT2D eigenvalue weighted by Crippen LogP contribution is -2.40. The first kappa shape index (κ1) is 28.0. The Hall–Kier alpha value is -2.24. The van der Waals surface area contributed by atoms with E-state index in [1.54, 1.807) is 25.3 Å². The molecule has 1 aliphatic rings. The fourth-order valence-electron chi connectivity index (χ4n) is 3.93. The molecule has 34 heavy (non-hydrogen) atoms. The van der Waals surface area contributed by atoms with Gasteiger partial charge in [-0.15, -0.1) is 12.4 Å². The van der Waals surface area contributed by atoms with Crippen LogP contribution in [-0.2, 0) is 25.9 Å². The summed E-state index contributed by atoms with van der Waals surface area (Å²) in [5.74, 6) is 0.558. The molecule has 1 amide bonds. The van der Waals surface area contributed by atoms with Crippen molar-refractivity contribution in [2.24, 2.45) is 5.92 Å². The monoisotopic (exact) mass is 513 g/mol. The van der Waals surface area contributed by atoms with E-state index in [-0.39, 0.29) is 46.8 Å². The number of halogens is 1. The molecule has 0 aliphatic heterocycles. The van der Waals surface area contributed by atoms with E-state index in [0.717, 1.165) is 25.7 Å². The topological polar surface area (TPSA) is 118 Å². The molecule has 0 radical (unpaired) electrons. The number of ether oxygens (including phenoxy) is 2. The lowest BCUT2D eigenvalue weighted by atomic mass is 9.85. The maximum atomic E-state index is 12.9. The summed E-state index contributed by atoms with van der Waals surface area (Å²) in [4.78, 5) is 16.4. The molecule has 0 saturated heterocycles. The van der Waals surface area contributed by atoms with Gasteiger partial charge in [-0.3, -0.25) is 15.4 Å². The van der Waals surface area contributed by atoms with Crippen LogP contribution in [0.25, 0.3) is 0 Å². The van der Waals surface area contributed by atoms with Gasteiger partial charge in [0.1, 0.15) is 5.75 Å². The quantitative estimate of drug-likeness (QED) is 0.463. The van der Waals surface area contributed by atoms with E-state index in [4.69, 9.17) is 9.47 Å². The largest absolute Gasteiger partial charge is 0.494 e. The Balaban J connectivity index is 0.00000408. The Morgan fingerprint density at radius 3 is 2.47 bits per heavy atom. The lowest BCUT2D eigenvalue weighted by molar-refractivity contribution is -0.166. The first-order valence-electron chi connectivity index (χ1n) is 11.0. The number of methoxy groups -OCH3 is 1. The summed E-state index contributed by atoms with van der Waals surface area (Å²) in [6.07, 6.45) is 5.63. The van der Waals surface area contributed by atoms with E-state index in [1.165, 1.54) is 24.4 Å². The SMILES string of the molecule is CCOc1ccc(S(=O)(=O)c2cc(CN(O)NC(=O)CC3CCC(OC)CC3)ccn2)cc1.Cl. The molecule has 1 fully saturated rings. The van der Waals surface area contributed by atoms with Crippen LogP contribution in [0, 0.1) is 5.92 Å². The van der Waals surface area contributed by atoms with Crippen molar-refractivity contribution in [3.8, 4) is 5.75 Å². The number of hydrogen-bond donors (Lipinski definition) is 2. The molecule has 11 heteroatoms. The number of nitrogens with zero attached hydrogens (tertiary/aromatic N) is 2. The van der Waals surface area contributed by atoms with Crippen molar-refractivity contribution in [1.29, 1.82) is 0 Å². The summed E-state index contributed by atoms with van der Waals surface area (Å²) in [6, 6.07) is 9.08. The number of hydrazine groups is 1. The molecule has 0 spiro atoms. The zero-order chi connectivity index (χ0) is 23.8. The second-order valence-electron chi connectivity index (χ2n) is 8.09. The minimum Gasteiger partial charge on any atom is -0.494 e. The Labute approximate surface area is 206 Å². The van der Waals surface area contributed by atoms with Gasteiger partial charge >= 0.3 is 0 Å². The van der Waals surface area contributed by atoms with Crippen LogP contribution in [0.3, 0.4) is 0 Å². The number of carbonyl (C=O) groups is 1. The van der Waals surface area contributed by atoms with Gasteiger partial charge in [0.2, 0.25) is 15.7 Å². The van der Waals surface area contributed by atoms with E-state index >= 15 is 0 Å². The second-order valence-corrected chi connectivity index (χ2v) is 9.98. The first-order chi connectivity index (χ1) is 15.8. The molecule has 188 valence electrons. The van der Waals surface area contributed by atoms with Crippen molar-refractivity contribution in [1.82, 2.24) is 15.6 Å². The molecule has 2 N–H and O–H groups in total. The van der Waals surface area contributed by atoms with Crippen molar-refractivity contribution in [3.63, 3.8) is 0 Å². The van der Waals surface area contributed by atoms with Crippen LogP contribution < -0.4 is 10.2 Å². The van der Waals surface area contributed by atoms with E-state index in [2.05, 4.69) is 10.4 Å². The molecule has 0 atom stereocenters. The van der Waals surface area contributed by atoms with Gasteiger partial charge in [-0.1, -0.05) is 5.17 Å². The smallest absolute Gasteiger partial charge is 0.236 e. The Kier molecular flexibility index (Phi) is 10.7. The number of amides is 1. The van der Waals surface area contributed by atoms with Crippen LogP contribution in [0.4, 0.5) is 0 Å². The molecule has 1 aromatic heterocycles. The van der Waals surface area contributed by atoms with E-state index in [1.807, 2.05) is 6.92 Å². The number of aromatic nitrogens is 1. The van der Waals surface area contributed by atoms with Crippen LogP contribution in [0.15, 0.2) is 52.5 Å². The van der Waals surface area contributed by atoms with Crippen LogP contribution in [0.1, 0.15) is 44.6 Å². The van der Waals surface area contributed by atoms with Gasteiger partial charge in [0.05, 0.1) is 24.2 Å². The molecule has 1 aliphatic carbocycles. The van der Waals surface area contributed by atoms with Gasteiger partial charge in [0.15, 0.2) is 5.03 Å². The molecule has 3 rings (SSSR count). The predicted molar refractivity (Wildman–Crippen MR) is 127 cm³/mol. The number of sulfone groups is 1. The molecule has 0 bridgehead atoms. The summed E-state index contributed by atoms with van der Waals surface area (Å²) in [6.45, 7) is 2.25. The normalized spacial score (nSPS) is 18.2. The third-order valence-corrected chi connectivity index (χ3v) is 7.37. The highest BCUT2D eigenvalue weighted by Gasteiger charge is 2.24. The summed E-state index contributed by atoms with van der Waals surface area (Å²) in [7, 11) is -2.14. The third kappa shape index (κ3) is 7.64. The third-order valence-electron chi connectivity index (χ3n) is 5.71. The maximum absolute atomic E-state index is 12.9. The van der Waals surface area contributed by atoms with E-state index < -0.39 is 9.84 Å². The van der Waals surface area contributed by atoms with Crippen molar-refractivity contribution < 1.29 is 27.9 Å². The average molecular weight is 514 g/mol. The van der Waals surface area contributed by atoms with Crippen LogP contribution >= 0.6 is 12.4 Å². The Morgan fingerprint density at radius 2 is 1.85 bits per heavy atom. The minimum atomic E-state index is -3.84. The van der Waals surface area contributed by atoms with Crippen LogP contribution in [-0.4, -0.2) is 49.5 Å². The second kappa shape index (κ2) is 13.0. The fourth-order valence-corrected chi connectivity index (χ4v) is 5.18. The van der Waals surface area contributed by atoms with Gasteiger partial charge in [0.25, 0.3) is 0 Å². The van der Waals surface area contributed by atoms with Crippen molar-refractivity contribution in [2.75, 3.05) is 13.7 Å². The first-order valence-corrected chi connectivity index (χ1v) is 12.5. The molecule has 2 aromatic rings. The minimum absolute atomic E-state index is 0. The van der Waals surface area contributed by atoms with Crippen LogP contribution in [0.2, 0.25) is 0 Å². The van der Waals surface area contributed by atoms with E-state index in [0.29, 0.717) is 29.5 Å².